The highest BCUT2D eigenvalue weighted by Crippen LogP contribution is 2.72. The van der Waals surface area contributed by atoms with Gasteiger partial charge in [-0.2, -0.15) is 0 Å². The van der Waals surface area contributed by atoms with Gasteiger partial charge in [-0.15, -0.1) is 11.3 Å². The van der Waals surface area contributed by atoms with Crippen molar-refractivity contribution in [3.05, 3.63) is 75.5 Å². The molecule has 1 aromatic carbocycles. The molecule has 4 fully saturated rings. The molecule has 4 N–H and O–H groups in total. The number of alkyl halides is 2. The zero-order valence-corrected chi connectivity index (χ0v) is 25.5. The zero-order valence-electron chi connectivity index (χ0n) is 24.7. The van der Waals surface area contributed by atoms with E-state index in [0.29, 0.717) is 12.8 Å². The minimum atomic E-state index is -2.28. The van der Waals surface area contributed by atoms with Crippen molar-refractivity contribution in [3.63, 3.8) is 0 Å². The van der Waals surface area contributed by atoms with E-state index in [1.807, 2.05) is 36.4 Å². The molecule has 4 aliphatic carbocycles. The maximum atomic E-state index is 17.5. The molecule has 0 spiro atoms. The highest BCUT2D eigenvalue weighted by molar-refractivity contribution is 7.12. The van der Waals surface area contributed by atoms with Crippen LogP contribution >= 0.6 is 11.3 Å². The number of benzene rings is 1. The Labute approximate surface area is 258 Å². The predicted octanol–water partition coefficient (Wildman–Crippen LogP) is 4.43. The van der Waals surface area contributed by atoms with Gasteiger partial charge in [0.05, 0.1) is 12.2 Å². The van der Waals surface area contributed by atoms with E-state index in [2.05, 4.69) is 0 Å². The number of allylic oxidation sites excluding steroid dienone is 4. The maximum absolute atomic E-state index is 17.5. The minimum absolute atomic E-state index is 0.0450. The van der Waals surface area contributed by atoms with Gasteiger partial charge in [-0.3, -0.25) is 9.59 Å². The fourth-order valence-electron chi connectivity index (χ4n) is 9.40. The predicted molar refractivity (Wildman–Crippen MR) is 160 cm³/mol. The van der Waals surface area contributed by atoms with Crippen LogP contribution in [0.25, 0.3) is 0 Å². The second-order valence-electron chi connectivity index (χ2n) is 13.5. The number of nitrogen functional groups attached to an aromatic ring is 1. The summed E-state index contributed by atoms with van der Waals surface area (Å²) in [6.07, 6.45) is -0.0972. The summed E-state index contributed by atoms with van der Waals surface area (Å²) in [6.45, 7) is 2.52. The van der Waals surface area contributed by atoms with Gasteiger partial charge in [-0.25, -0.2) is 8.78 Å². The fraction of sp³-hybridized carbons (Fsp3) is 0.529. The van der Waals surface area contributed by atoms with Crippen LogP contribution in [0.1, 0.15) is 48.4 Å². The molecule has 10 heteroatoms. The summed E-state index contributed by atoms with van der Waals surface area (Å²) in [6, 6.07) is 11.7. The Balaban J connectivity index is 1.18. The second-order valence-corrected chi connectivity index (χ2v) is 14.8. The number of ketones is 2. The van der Waals surface area contributed by atoms with Gasteiger partial charge < -0.3 is 25.4 Å². The summed E-state index contributed by atoms with van der Waals surface area (Å²) in [4.78, 5) is 27.9. The summed E-state index contributed by atoms with van der Waals surface area (Å²) in [5.74, 6) is -2.54. The molecule has 0 bridgehead atoms. The van der Waals surface area contributed by atoms with E-state index in [1.165, 1.54) is 12.2 Å². The monoisotopic (exact) mass is 625 g/mol. The van der Waals surface area contributed by atoms with Crippen LogP contribution < -0.4 is 5.73 Å². The first-order valence-corrected chi connectivity index (χ1v) is 16.0. The van der Waals surface area contributed by atoms with Gasteiger partial charge in [-0.05, 0) is 73.6 Å². The van der Waals surface area contributed by atoms with Gasteiger partial charge in [0.15, 0.2) is 29.1 Å². The number of fused-ring (bicyclic) bond motifs is 7. The molecule has 1 aromatic heterocycles. The second kappa shape index (κ2) is 10.1. The van der Waals surface area contributed by atoms with Crippen LogP contribution in [0, 0.1) is 22.7 Å². The molecule has 0 unspecified atom stereocenters. The first kappa shape index (κ1) is 29.9. The number of hydrogen-bond donors (Lipinski definition) is 3. The average molecular weight is 626 g/mol. The Morgan fingerprint density at radius 1 is 1.14 bits per heavy atom. The van der Waals surface area contributed by atoms with Gasteiger partial charge in [-0.1, -0.05) is 31.2 Å². The van der Waals surface area contributed by atoms with Crippen LogP contribution in [0.15, 0.2) is 60.2 Å². The molecule has 234 valence electrons. The van der Waals surface area contributed by atoms with Crippen LogP contribution in [-0.4, -0.2) is 64.3 Å². The molecule has 3 saturated carbocycles. The van der Waals surface area contributed by atoms with Gasteiger partial charge in [0, 0.05) is 45.0 Å². The lowest BCUT2D eigenvalue weighted by atomic mass is 9.44. The van der Waals surface area contributed by atoms with Crippen molar-refractivity contribution in [1.29, 1.82) is 0 Å². The molecule has 7 rings (SSSR count). The van der Waals surface area contributed by atoms with E-state index in [9.17, 15) is 19.8 Å². The van der Waals surface area contributed by atoms with E-state index < -0.39 is 76.8 Å². The Hall–Kier alpha value is -2.76. The molecule has 44 heavy (non-hydrogen) atoms. The standard InChI is InChI=1S/C34H37F2NO6S/c1-31-10-9-19(39)12-24(31)25(35)14-23-22-15-29-34(28(41)17-38,32(22,2)16-27(40)33(23,31)36)43-30(42-29)13-21-8-7-20(44-21)11-18-5-3-4-6-26(18)37/h3-10,12,22-23,25,27,29-30,38,40H,11,13-17,37H2,1-2H3/t22-,23-,25-,27-,29+,30+,31-,32-,33-,34+/m0/s1. The molecule has 0 amide bonds. The number of para-hydroxylation sites is 1. The summed E-state index contributed by atoms with van der Waals surface area (Å²) < 4.78 is 46.3. The smallest absolute Gasteiger partial charge is 0.193 e. The van der Waals surface area contributed by atoms with Crippen molar-refractivity contribution in [2.24, 2.45) is 22.7 Å². The highest BCUT2D eigenvalue weighted by Gasteiger charge is 2.80. The lowest BCUT2D eigenvalue weighted by molar-refractivity contribution is -0.234. The number of nitrogens with two attached hydrogens (primary N) is 1. The van der Waals surface area contributed by atoms with Crippen LogP contribution in [0.3, 0.4) is 0 Å². The Morgan fingerprint density at radius 2 is 1.89 bits per heavy atom. The van der Waals surface area contributed by atoms with Crippen molar-refractivity contribution < 1.29 is 38.1 Å². The number of thiophene rings is 1. The topological polar surface area (TPSA) is 119 Å². The summed E-state index contributed by atoms with van der Waals surface area (Å²) in [5.41, 5.74) is 1.36. The first-order valence-electron chi connectivity index (χ1n) is 15.2. The van der Waals surface area contributed by atoms with E-state index in [-0.39, 0.29) is 24.8 Å². The summed E-state index contributed by atoms with van der Waals surface area (Å²) >= 11 is 1.59. The SMILES string of the molecule is C[C@]12C=CC(=O)C=C1[C@@H](F)C[C@H]1[C@@H]3C[C@H]4O[C@@H](Cc5ccc(Cc6ccccc6N)s5)O[C@@]4(C(=O)CO)[C@@]3(C)C[C@H](O)[C@@]12F. The van der Waals surface area contributed by atoms with E-state index in [0.717, 1.165) is 27.1 Å². The van der Waals surface area contributed by atoms with Gasteiger partial charge in [0.1, 0.15) is 12.8 Å². The normalized spacial score (nSPS) is 42.3. The van der Waals surface area contributed by atoms with Crippen LogP contribution in [0.2, 0.25) is 0 Å². The minimum Gasteiger partial charge on any atom is -0.398 e. The Bertz CT molecular complexity index is 1590. The number of carbonyl (C=O) groups is 2. The molecular formula is C34H37F2NO6S. The molecule has 7 nitrogen and oxygen atoms in total. The Kier molecular flexibility index (Phi) is 6.88. The Morgan fingerprint density at radius 3 is 2.64 bits per heavy atom. The van der Waals surface area contributed by atoms with Crippen molar-refractivity contribution in [3.8, 4) is 0 Å². The van der Waals surface area contributed by atoms with E-state index in [4.69, 9.17) is 15.2 Å². The first-order chi connectivity index (χ1) is 20.9. The molecule has 10 atom stereocenters. The van der Waals surface area contributed by atoms with E-state index >= 15 is 8.78 Å². The number of Topliss-reactive ketones (excluding diaryl/α,β-unsaturated/α-hetero) is 1. The summed E-state index contributed by atoms with van der Waals surface area (Å²) in [5, 5.41) is 21.8. The lowest BCUT2D eigenvalue weighted by Crippen LogP contribution is -2.70. The van der Waals surface area contributed by atoms with Crippen molar-refractivity contribution in [1.82, 2.24) is 0 Å². The van der Waals surface area contributed by atoms with Crippen molar-refractivity contribution in [2.45, 2.75) is 81.9 Å². The number of hydrogen-bond acceptors (Lipinski definition) is 8. The molecule has 1 aliphatic heterocycles. The largest absolute Gasteiger partial charge is 0.398 e. The molecule has 2 aromatic rings. The number of ether oxygens (including phenoxy) is 2. The lowest BCUT2D eigenvalue weighted by Gasteiger charge is -2.63. The zero-order chi connectivity index (χ0) is 31.2. The maximum Gasteiger partial charge on any atom is 0.193 e. The molecule has 1 saturated heterocycles. The molecular weight excluding hydrogens is 588 g/mol. The van der Waals surface area contributed by atoms with Gasteiger partial charge in [0.25, 0.3) is 0 Å². The third-order valence-electron chi connectivity index (χ3n) is 11.5. The number of anilines is 1. The highest BCUT2D eigenvalue weighted by atomic mass is 32.1. The van der Waals surface area contributed by atoms with Crippen LogP contribution in [0.5, 0.6) is 0 Å². The van der Waals surface area contributed by atoms with Crippen molar-refractivity contribution >= 4 is 28.6 Å². The quantitative estimate of drug-likeness (QED) is 0.407. The average Bonchev–Trinajstić information content (AvgIpc) is 3.65. The molecule has 0 radical (unpaired) electrons. The van der Waals surface area contributed by atoms with Gasteiger partial charge >= 0.3 is 0 Å². The van der Waals surface area contributed by atoms with Crippen LogP contribution in [0.4, 0.5) is 14.5 Å². The van der Waals surface area contributed by atoms with Crippen LogP contribution in [-0.2, 0) is 31.9 Å². The third kappa shape index (κ3) is 3.90. The number of rotatable bonds is 6. The number of aliphatic hydroxyl groups excluding tert-OH is 2. The number of carbonyl (C=O) groups excluding carboxylic acids is 2. The molecule has 5 aliphatic rings. The van der Waals surface area contributed by atoms with Gasteiger partial charge in [0.2, 0.25) is 0 Å². The van der Waals surface area contributed by atoms with E-state index in [1.54, 1.807) is 25.2 Å². The molecule has 2 heterocycles. The van der Waals surface area contributed by atoms with Crippen molar-refractivity contribution in [2.75, 3.05) is 12.3 Å². The number of halogens is 2. The number of aliphatic hydroxyl groups is 2. The summed E-state index contributed by atoms with van der Waals surface area (Å²) in [7, 11) is 0. The third-order valence-corrected chi connectivity index (χ3v) is 12.6. The fourth-order valence-corrected chi connectivity index (χ4v) is 10.5.